The fourth-order valence-electron chi connectivity index (χ4n) is 3.54. The molecule has 0 heterocycles. The molecule has 0 aromatic heterocycles. The number of hydrogen-bond acceptors (Lipinski definition) is 3. The number of nitrogens with one attached hydrogen (secondary N) is 1. The molecule has 2 aromatic carbocycles. The minimum Gasteiger partial charge on any atom is -0.456 e. The van der Waals surface area contributed by atoms with Gasteiger partial charge in [0, 0.05) is 17.5 Å². The first-order valence-electron chi connectivity index (χ1n) is 9.15. The summed E-state index contributed by atoms with van der Waals surface area (Å²) >= 11 is 0. The molecular formula is C21H25NO3. The third-order valence-corrected chi connectivity index (χ3v) is 4.91. The lowest BCUT2D eigenvalue weighted by atomic mass is 9.86. The Bertz CT molecular complexity index is 730. The highest BCUT2D eigenvalue weighted by Crippen LogP contribution is 2.27. The summed E-state index contributed by atoms with van der Waals surface area (Å²) in [5.41, 5.74) is 0.737. The maximum Gasteiger partial charge on any atom is 0.306 e. The third kappa shape index (κ3) is 5.05. The molecule has 1 N–H and O–H groups in total. The van der Waals surface area contributed by atoms with Crippen LogP contribution in [-0.4, -0.2) is 18.5 Å². The Labute approximate surface area is 148 Å². The molecule has 1 fully saturated rings. The van der Waals surface area contributed by atoms with Crippen molar-refractivity contribution >= 4 is 28.3 Å². The van der Waals surface area contributed by atoms with Crippen molar-refractivity contribution in [3.8, 4) is 0 Å². The Morgan fingerprint density at radius 1 is 1.00 bits per heavy atom. The Morgan fingerprint density at radius 3 is 2.60 bits per heavy atom. The van der Waals surface area contributed by atoms with Crippen LogP contribution in [0.15, 0.2) is 42.5 Å². The third-order valence-electron chi connectivity index (χ3n) is 4.91. The lowest BCUT2D eigenvalue weighted by Crippen LogP contribution is -2.21. The predicted molar refractivity (Wildman–Crippen MR) is 99.3 cm³/mol. The maximum atomic E-state index is 12.1. The molecule has 4 heteroatoms. The van der Waals surface area contributed by atoms with Crippen LogP contribution >= 0.6 is 0 Å². The maximum absolute atomic E-state index is 12.1. The predicted octanol–water partition coefficient (Wildman–Crippen LogP) is 4.68. The molecule has 0 bridgehead atoms. The zero-order valence-corrected chi connectivity index (χ0v) is 14.5. The fraction of sp³-hybridized carbons (Fsp3) is 0.429. The summed E-state index contributed by atoms with van der Waals surface area (Å²) < 4.78 is 5.13. The molecule has 4 nitrogen and oxygen atoms in total. The molecule has 1 saturated carbocycles. The van der Waals surface area contributed by atoms with E-state index >= 15 is 0 Å². The second-order valence-corrected chi connectivity index (χ2v) is 6.78. The van der Waals surface area contributed by atoms with Gasteiger partial charge in [0.25, 0.3) is 5.91 Å². The van der Waals surface area contributed by atoms with Crippen molar-refractivity contribution in [1.82, 2.24) is 0 Å². The Kier molecular flexibility index (Phi) is 6.04. The van der Waals surface area contributed by atoms with Gasteiger partial charge < -0.3 is 10.1 Å². The number of carbonyl (C=O) groups is 2. The van der Waals surface area contributed by atoms with E-state index in [2.05, 4.69) is 5.32 Å². The summed E-state index contributed by atoms with van der Waals surface area (Å²) in [5, 5.41) is 4.86. The van der Waals surface area contributed by atoms with E-state index in [1.807, 2.05) is 42.5 Å². The molecule has 25 heavy (non-hydrogen) atoms. The number of anilines is 1. The highest BCUT2D eigenvalue weighted by molar-refractivity contribution is 6.02. The number of rotatable bonds is 6. The van der Waals surface area contributed by atoms with Crippen molar-refractivity contribution in [3.63, 3.8) is 0 Å². The summed E-state index contributed by atoms with van der Waals surface area (Å²) in [6.45, 7) is -0.229. The summed E-state index contributed by atoms with van der Waals surface area (Å²) in [6.07, 6.45) is 7.58. The lowest BCUT2D eigenvalue weighted by Gasteiger charge is -2.20. The van der Waals surface area contributed by atoms with Crippen molar-refractivity contribution < 1.29 is 14.3 Å². The standard InChI is InChI=1S/C21H25NO3/c23-20(15-25-21(24)14-13-16-7-2-1-3-8-16)22-19-12-6-10-17-9-4-5-11-18(17)19/h4-6,9-12,16H,1-3,7-8,13-15H2,(H,22,23). The molecule has 0 radical (unpaired) electrons. The number of ether oxygens (including phenoxy) is 1. The lowest BCUT2D eigenvalue weighted by molar-refractivity contribution is -0.147. The topological polar surface area (TPSA) is 55.4 Å². The number of amides is 1. The smallest absolute Gasteiger partial charge is 0.306 e. The Hall–Kier alpha value is -2.36. The SMILES string of the molecule is O=C(COC(=O)CCC1CCCCC1)Nc1cccc2ccccc12. The van der Waals surface area contributed by atoms with E-state index in [4.69, 9.17) is 4.74 Å². The van der Waals surface area contributed by atoms with E-state index in [9.17, 15) is 9.59 Å². The van der Waals surface area contributed by atoms with E-state index in [1.54, 1.807) is 0 Å². The molecule has 0 unspecified atom stereocenters. The number of benzene rings is 2. The molecule has 132 valence electrons. The highest BCUT2D eigenvalue weighted by atomic mass is 16.5. The normalized spacial score (nSPS) is 15.0. The largest absolute Gasteiger partial charge is 0.456 e. The molecule has 0 saturated heterocycles. The van der Waals surface area contributed by atoms with Crippen LogP contribution in [0.25, 0.3) is 10.8 Å². The first kappa shape index (κ1) is 17.5. The number of esters is 1. The van der Waals surface area contributed by atoms with Gasteiger partial charge in [0.05, 0.1) is 0 Å². The summed E-state index contributed by atoms with van der Waals surface area (Å²) in [5.74, 6) is 0.0619. The Balaban J connectivity index is 1.45. The van der Waals surface area contributed by atoms with Gasteiger partial charge in [0.2, 0.25) is 0 Å². The molecule has 0 aliphatic heterocycles. The second-order valence-electron chi connectivity index (χ2n) is 6.78. The van der Waals surface area contributed by atoms with Crippen LogP contribution < -0.4 is 5.32 Å². The number of fused-ring (bicyclic) bond motifs is 1. The molecule has 1 amide bonds. The van der Waals surface area contributed by atoms with Gasteiger partial charge in [-0.2, -0.15) is 0 Å². The van der Waals surface area contributed by atoms with Gasteiger partial charge in [-0.05, 0) is 23.8 Å². The van der Waals surface area contributed by atoms with Crippen LogP contribution in [0.3, 0.4) is 0 Å². The summed E-state index contributed by atoms with van der Waals surface area (Å²) in [4.78, 5) is 23.9. The zero-order valence-electron chi connectivity index (χ0n) is 14.5. The number of hydrogen-bond donors (Lipinski definition) is 1. The van der Waals surface area contributed by atoms with Gasteiger partial charge in [0.15, 0.2) is 6.61 Å². The minimum atomic E-state index is -0.303. The monoisotopic (exact) mass is 339 g/mol. The summed E-state index contributed by atoms with van der Waals surface area (Å²) in [7, 11) is 0. The average Bonchev–Trinajstić information content (AvgIpc) is 2.66. The van der Waals surface area contributed by atoms with Crippen LogP contribution in [-0.2, 0) is 14.3 Å². The van der Waals surface area contributed by atoms with Gasteiger partial charge in [0.1, 0.15) is 0 Å². The van der Waals surface area contributed by atoms with Crippen LogP contribution in [0.1, 0.15) is 44.9 Å². The molecule has 1 aliphatic rings. The van der Waals surface area contributed by atoms with Crippen molar-refractivity contribution in [2.24, 2.45) is 5.92 Å². The van der Waals surface area contributed by atoms with E-state index < -0.39 is 0 Å². The van der Waals surface area contributed by atoms with Crippen LogP contribution in [0, 0.1) is 5.92 Å². The van der Waals surface area contributed by atoms with Crippen LogP contribution in [0.4, 0.5) is 5.69 Å². The molecule has 0 atom stereocenters. The molecule has 3 rings (SSSR count). The van der Waals surface area contributed by atoms with Gasteiger partial charge >= 0.3 is 5.97 Å². The zero-order chi connectivity index (χ0) is 17.5. The second kappa shape index (κ2) is 8.65. The first-order chi connectivity index (χ1) is 12.2. The van der Waals surface area contributed by atoms with Crippen molar-refractivity contribution in [2.75, 3.05) is 11.9 Å². The van der Waals surface area contributed by atoms with Crippen molar-refractivity contribution in [3.05, 3.63) is 42.5 Å². The average molecular weight is 339 g/mol. The summed E-state index contributed by atoms with van der Waals surface area (Å²) in [6, 6.07) is 13.6. The van der Waals surface area contributed by atoms with Crippen molar-refractivity contribution in [1.29, 1.82) is 0 Å². The van der Waals surface area contributed by atoms with E-state index in [1.165, 1.54) is 32.1 Å². The van der Waals surface area contributed by atoms with Gasteiger partial charge in [-0.15, -0.1) is 0 Å². The van der Waals surface area contributed by atoms with E-state index in [0.29, 0.717) is 12.3 Å². The fourth-order valence-corrected chi connectivity index (χ4v) is 3.54. The van der Waals surface area contributed by atoms with E-state index in [0.717, 1.165) is 22.9 Å². The van der Waals surface area contributed by atoms with Gasteiger partial charge in [-0.25, -0.2) is 0 Å². The molecular weight excluding hydrogens is 314 g/mol. The number of carbonyl (C=O) groups excluding carboxylic acids is 2. The molecule has 1 aliphatic carbocycles. The quantitative estimate of drug-likeness (QED) is 0.777. The van der Waals surface area contributed by atoms with Gasteiger partial charge in [-0.1, -0.05) is 68.5 Å². The van der Waals surface area contributed by atoms with Crippen molar-refractivity contribution in [2.45, 2.75) is 44.9 Å². The minimum absolute atomic E-state index is 0.229. The van der Waals surface area contributed by atoms with Gasteiger partial charge in [-0.3, -0.25) is 9.59 Å². The molecule has 0 spiro atoms. The highest BCUT2D eigenvalue weighted by Gasteiger charge is 2.16. The van der Waals surface area contributed by atoms with E-state index in [-0.39, 0.29) is 18.5 Å². The molecule has 2 aromatic rings. The Morgan fingerprint density at radius 2 is 1.76 bits per heavy atom. The van der Waals surface area contributed by atoms with Crippen LogP contribution in [0.2, 0.25) is 0 Å². The van der Waals surface area contributed by atoms with Crippen LogP contribution in [0.5, 0.6) is 0 Å². The first-order valence-corrected chi connectivity index (χ1v) is 9.15.